The van der Waals surface area contributed by atoms with Crippen LogP contribution in [0.4, 0.5) is 4.79 Å². The topological polar surface area (TPSA) is 35.5 Å². The normalized spacial score (nSPS) is 11.9. The molecule has 0 spiro atoms. The Morgan fingerprint density at radius 2 is 1.73 bits per heavy atom. The molecule has 1 rings (SSSR count). The molecule has 3 heteroatoms. The average Bonchev–Trinajstić information content (AvgIpc) is 2.63. The van der Waals surface area contributed by atoms with Gasteiger partial charge in [-0.05, 0) is 53.2 Å². The van der Waals surface area contributed by atoms with E-state index < -0.39 is 6.16 Å². The highest BCUT2D eigenvalue weighted by molar-refractivity contribution is 5.59. The molecule has 0 unspecified atom stereocenters. The van der Waals surface area contributed by atoms with E-state index in [1.54, 1.807) is 0 Å². The first-order valence-corrected chi connectivity index (χ1v) is 9.72. The van der Waals surface area contributed by atoms with E-state index in [4.69, 9.17) is 9.47 Å². The van der Waals surface area contributed by atoms with Gasteiger partial charge in [-0.25, -0.2) is 4.79 Å². The van der Waals surface area contributed by atoms with Crippen molar-refractivity contribution in [1.29, 1.82) is 0 Å². The maximum Gasteiger partial charge on any atom is 0.508 e. The molecule has 0 heterocycles. The van der Waals surface area contributed by atoms with Crippen LogP contribution < -0.4 is 0 Å². The number of benzene rings is 1. The molecule has 3 nitrogen and oxygen atoms in total. The Hall–Kier alpha value is -1.77. The Balaban J connectivity index is 2.87. The van der Waals surface area contributed by atoms with Gasteiger partial charge in [0.1, 0.15) is 6.61 Å². The highest BCUT2D eigenvalue weighted by Gasteiger charge is 2.25. The van der Waals surface area contributed by atoms with E-state index in [2.05, 4.69) is 66.3 Å². The Morgan fingerprint density at radius 1 is 1.08 bits per heavy atom. The molecule has 0 aromatic heterocycles. The van der Waals surface area contributed by atoms with Crippen LogP contribution in [0, 0.1) is 0 Å². The Kier molecular flexibility index (Phi) is 8.39. The number of rotatable bonds is 10. The lowest BCUT2D eigenvalue weighted by Crippen LogP contribution is -2.22. The van der Waals surface area contributed by atoms with Crippen LogP contribution in [0.2, 0.25) is 0 Å². The predicted octanol–water partition coefficient (Wildman–Crippen LogP) is 6.33. The van der Waals surface area contributed by atoms with E-state index in [1.165, 1.54) is 22.8 Å². The first kappa shape index (κ1) is 22.3. The molecule has 0 N–H and O–H groups in total. The first-order valence-electron chi connectivity index (χ1n) is 9.72. The second kappa shape index (κ2) is 9.80. The Morgan fingerprint density at radius 3 is 2.31 bits per heavy atom. The van der Waals surface area contributed by atoms with Crippen LogP contribution in [0.25, 0.3) is 0 Å². The standard InChI is InChI=1S/C23H36O3/c1-8-15-25-21(24)26-16-11-12-18-13-14-19(22(4,5)9-2)17-20(18)23(6,7)10-3/h8,13-14,17H,1,9-12,15-16H2,2-7H3. The average molecular weight is 361 g/mol. The fourth-order valence-corrected chi connectivity index (χ4v) is 2.83. The molecule has 146 valence electrons. The summed E-state index contributed by atoms with van der Waals surface area (Å²) in [5.41, 5.74) is 4.45. The van der Waals surface area contributed by atoms with Crippen LogP contribution >= 0.6 is 0 Å². The second-order valence-corrected chi connectivity index (χ2v) is 8.15. The van der Waals surface area contributed by atoms with Gasteiger partial charge in [0.2, 0.25) is 0 Å². The number of ether oxygens (including phenoxy) is 2. The first-order chi connectivity index (χ1) is 12.2. The number of hydrogen-bond donors (Lipinski definition) is 0. The highest BCUT2D eigenvalue weighted by atomic mass is 16.7. The zero-order chi connectivity index (χ0) is 19.8. The molecule has 0 aliphatic carbocycles. The number of hydrogen-bond acceptors (Lipinski definition) is 3. The molecular formula is C23H36O3. The van der Waals surface area contributed by atoms with Crippen LogP contribution in [-0.4, -0.2) is 19.4 Å². The third kappa shape index (κ3) is 6.19. The van der Waals surface area contributed by atoms with E-state index in [0.717, 1.165) is 25.7 Å². The Bertz CT molecular complexity index is 599. The summed E-state index contributed by atoms with van der Waals surface area (Å²) < 4.78 is 9.93. The second-order valence-electron chi connectivity index (χ2n) is 8.15. The van der Waals surface area contributed by atoms with Crippen molar-refractivity contribution < 1.29 is 14.3 Å². The molecule has 0 aliphatic rings. The SMILES string of the molecule is C=CCOC(=O)OCCCc1ccc(C(C)(C)CC)cc1C(C)(C)CC. The zero-order valence-corrected chi connectivity index (χ0v) is 17.5. The quantitative estimate of drug-likeness (QED) is 0.278. The summed E-state index contributed by atoms with van der Waals surface area (Å²) in [6.07, 6.45) is 4.77. The fraction of sp³-hybridized carbons (Fsp3) is 0.609. The lowest BCUT2D eigenvalue weighted by atomic mass is 9.74. The third-order valence-corrected chi connectivity index (χ3v) is 5.52. The van der Waals surface area contributed by atoms with Crippen LogP contribution in [0.3, 0.4) is 0 Å². The van der Waals surface area contributed by atoms with E-state index in [0.29, 0.717) is 6.61 Å². The summed E-state index contributed by atoms with van der Waals surface area (Å²) in [7, 11) is 0. The van der Waals surface area contributed by atoms with Crippen molar-refractivity contribution in [2.45, 2.75) is 78.1 Å². The smallest absolute Gasteiger partial charge is 0.434 e. The van der Waals surface area contributed by atoms with E-state index >= 15 is 0 Å². The summed E-state index contributed by atoms with van der Waals surface area (Å²) in [6, 6.07) is 6.91. The van der Waals surface area contributed by atoms with Gasteiger partial charge < -0.3 is 9.47 Å². The van der Waals surface area contributed by atoms with Crippen molar-refractivity contribution in [3.05, 3.63) is 47.5 Å². The maximum atomic E-state index is 11.4. The van der Waals surface area contributed by atoms with Crippen molar-refractivity contribution in [2.24, 2.45) is 0 Å². The lowest BCUT2D eigenvalue weighted by Gasteiger charge is -2.31. The number of carbonyl (C=O) groups is 1. The molecule has 0 aliphatic heterocycles. The monoisotopic (exact) mass is 360 g/mol. The van der Waals surface area contributed by atoms with Crippen molar-refractivity contribution in [3.8, 4) is 0 Å². The van der Waals surface area contributed by atoms with Gasteiger partial charge in [0.25, 0.3) is 0 Å². The van der Waals surface area contributed by atoms with E-state index in [-0.39, 0.29) is 17.4 Å². The van der Waals surface area contributed by atoms with Crippen LogP contribution in [-0.2, 0) is 26.7 Å². The summed E-state index contributed by atoms with van der Waals surface area (Å²) in [6.45, 7) is 17.7. The molecule has 1 aromatic carbocycles. The van der Waals surface area contributed by atoms with Gasteiger partial charge in [-0.2, -0.15) is 0 Å². The summed E-state index contributed by atoms with van der Waals surface area (Å²) in [5, 5.41) is 0. The van der Waals surface area contributed by atoms with Crippen LogP contribution in [0.5, 0.6) is 0 Å². The van der Waals surface area contributed by atoms with Gasteiger partial charge in [-0.1, -0.05) is 72.4 Å². The minimum atomic E-state index is -0.626. The van der Waals surface area contributed by atoms with Gasteiger partial charge in [0.05, 0.1) is 6.61 Å². The van der Waals surface area contributed by atoms with Crippen molar-refractivity contribution in [2.75, 3.05) is 13.2 Å². The maximum absolute atomic E-state index is 11.4. The molecule has 26 heavy (non-hydrogen) atoms. The van der Waals surface area contributed by atoms with Crippen LogP contribution in [0.15, 0.2) is 30.9 Å². The largest absolute Gasteiger partial charge is 0.508 e. The molecule has 0 saturated heterocycles. The highest BCUT2D eigenvalue weighted by Crippen LogP contribution is 2.35. The minimum absolute atomic E-state index is 0.124. The minimum Gasteiger partial charge on any atom is -0.434 e. The third-order valence-electron chi connectivity index (χ3n) is 5.52. The summed E-state index contributed by atoms with van der Waals surface area (Å²) in [4.78, 5) is 11.4. The van der Waals surface area contributed by atoms with Crippen molar-refractivity contribution >= 4 is 6.16 Å². The molecule has 0 radical (unpaired) electrons. The zero-order valence-electron chi connectivity index (χ0n) is 17.5. The predicted molar refractivity (Wildman–Crippen MR) is 109 cm³/mol. The van der Waals surface area contributed by atoms with Gasteiger partial charge >= 0.3 is 6.16 Å². The molecule has 1 aromatic rings. The van der Waals surface area contributed by atoms with Crippen molar-refractivity contribution in [3.63, 3.8) is 0 Å². The summed E-state index contributed by atoms with van der Waals surface area (Å²) in [5.74, 6) is 0. The molecule has 0 saturated carbocycles. The number of carbonyl (C=O) groups excluding carboxylic acids is 1. The molecule has 0 amide bonds. The van der Waals surface area contributed by atoms with E-state index in [1.807, 2.05) is 0 Å². The Labute approximate surface area is 159 Å². The summed E-state index contributed by atoms with van der Waals surface area (Å²) >= 11 is 0. The van der Waals surface area contributed by atoms with E-state index in [9.17, 15) is 4.79 Å². The molecule has 0 atom stereocenters. The molecule has 0 fully saturated rings. The number of aryl methyl sites for hydroxylation is 1. The molecular weight excluding hydrogens is 324 g/mol. The van der Waals surface area contributed by atoms with Crippen LogP contribution in [0.1, 0.15) is 77.5 Å². The molecule has 0 bridgehead atoms. The van der Waals surface area contributed by atoms with Crippen molar-refractivity contribution in [1.82, 2.24) is 0 Å². The van der Waals surface area contributed by atoms with Gasteiger partial charge in [-0.3, -0.25) is 0 Å². The van der Waals surface area contributed by atoms with Gasteiger partial charge in [0.15, 0.2) is 0 Å². The van der Waals surface area contributed by atoms with Gasteiger partial charge in [-0.15, -0.1) is 0 Å². The van der Waals surface area contributed by atoms with Gasteiger partial charge in [0, 0.05) is 0 Å². The fourth-order valence-electron chi connectivity index (χ4n) is 2.83. The lowest BCUT2D eigenvalue weighted by molar-refractivity contribution is 0.0625.